The molecule has 0 saturated heterocycles. The molecule has 124 valence electrons. The summed E-state index contributed by atoms with van der Waals surface area (Å²) < 4.78 is 39.6. The summed E-state index contributed by atoms with van der Waals surface area (Å²) in [6, 6.07) is 4.51. The number of amides is 2. The van der Waals surface area contributed by atoms with Crippen LogP contribution in [0.15, 0.2) is 30.6 Å². The lowest BCUT2D eigenvalue weighted by atomic mass is 10.0. The van der Waals surface area contributed by atoms with Crippen molar-refractivity contribution in [2.24, 2.45) is 7.05 Å². The van der Waals surface area contributed by atoms with Gasteiger partial charge in [-0.3, -0.25) is 10.00 Å². The smallest absolute Gasteiger partial charge is 0.331 e. The van der Waals surface area contributed by atoms with Crippen LogP contribution in [-0.2, 0) is 7.05 Å². The van der Waals surface area contributed by atoms with Crippen molar-refractivity contribution < 1.29 is 18.0 Å². The number of nitrogens with zero attached hydrogens (tertiary/aromatic N) is 3. The largest absolute Gasteiger partial charge is 0.391 e. The van der Waals surface area contributed by atoms with Crippen LogP contribution in [0.3, 0.4) is 0 Å². The lowest BCUT2D eigenvalue weighted by Gasteiger charge is -2.20. The predicted octanol–water partition coefficient (Wildman–Crippen LogP) is 2.94. The van der Waals surface area contributed by atoms with Gasteiger partial charge in [0.1, 0.15) is 6.33 Å². The Labute approximate surface area is 130 Å². The quantitative estimate of drug-likeness (QED) is 0.907. The molecule has 1 atom stereocenters. The first kappa shape index (κ1) is 16.8. The van der Waals surface area contributed by atoms with Gasteiger partial charge in [0.25, 0.3) is 0 Å². The number of hydrogen-bond acceptors (Lipinski definition) is 3. The van der Waals surface area contributed by atoms with Gasteiger partial charge in [0.15, 0.2) is 0 Å². The zero-order valence-electron chi connectivity index (χ0n) is 12.6. The number of aryl methyl sites for hydroxylation is 2. The number of urea groups is 1. The third-order valence-corrected chi connectivity index (χ3v) is 3.05. The molecule has 0 aliphatic heterocycles. The summed E-state index contributed by atoms with van der Waals surface area (Å²) in [6.45, 7) is 1.83. The van der Waals surface area contributed by atoms with E-state index in [1.54, 1.807) is 31.3 Å². The van der Waals surface area contributed by atoms with Gasteiger partial charge in [0, 0.05) is 7.05 Å². The molecule has 0 fully saturated rings. The topological polar surface area (TPSA) is 71.8 Å². The van der Waals surface area contributed by atoms with Gasteiger partial charge in [-0.05, 0) is 12.5 Å². The molecule has 2 amide bonds. The lowest BCUT2D eigenvalue weighted by molar-refractivity contribution is -0.139. The second-order valence-corrected chi connectivity index (χ2v) is 5.12. The van der Waals surface area contributed by atoms with Crippen molar-refractivity contribution >= 4 is 12.0 Å². The van der Waals surface area contributed by atoms with Crippen molar-refractivity contribution in [1.82, 2.24) is 20.1 Å². The van der Waals surface area contributed by atoms with E-state index in [1.807, 2.05) is 6.92 Å². The summed E-state index contributed by atoms with van der Waals surface area (Å²) in [4.78, 5) is 15.7. The Hall–Kier alpha value is -2.58. The van der Waals surface area contributed by atoms with Crippen molar-refractivity contribution in [3.63, 3.8) is 0 Å². The van der Waals surface area contributed by atoms with E-state index < -0.39 is 24.7 Å². The van der Waals surface area contributed by atoms with E-state index in [4.69, 9.17) is 0 Å². The molecule has 0 bridgehead atoms. The third-order valence-electron chi connectivity index (χ3n) is 3.05. The number of anilines is 1. The van der Waals surface area contributed by atoms with Crippen LogP contribution in [0.1, 0.15) is 23.6 Å². The highest BCUT2D eigenvalue weighted by molar-refractivity contribution is 5.87. The van der Waals surface area contributed by atoms with E-state index in [-0.39, 0.29) is 5.95 Å². The fraction of sp³-hybridized carbons (Fsp3) is 0.357. The summed E-state index contributed by atoms with van der Waals surface area (Å²) in [5.74, 6) is 0.0136. The number of nitrogens with one attached hydrogen (secondary N) is 2. The highest BCUT2D eigenvalue weighted by Crippen LogP contribution is 2.29. The van der Waals surface area contributed by atoms with E-state index in [0.29, 0.717) is 5.56 Å². The Morgan fingerprint density at radius 1 is 1.30 bits per heavy atom. The minimum atomic E-state index is -4.41. The van der Waals surface area contributed by atoms with Crippen LogP contribution in [0.4, 0.5) is 23.9 Å². The Morgan fingerprint density at radius 3 is 2.48 bits per heavy atom. The first-order chi connectivity index (χ1) is 10.7. The Bertz CT molecular complexity index is 666. The van der Waals surface area contributed by atoms with Crippen LogP contribution in [0, 0.1) is 6.92 Å². The van der Waals surface area contributed by atoms with E-state index in [9.17, 15) is 18.0 Å². The molecule has 0 aliphatic rings. The Balaban J connectivity index is 2.10. The minimum Gasteiger partial charge on any atom is -0.331 e. The van der Waals surface area contributed by atoms with Gasteiger partial charge < -0.3 is 5.32 Å². The molecule has 1 unspecified atom stereocenters. The van der Waals surface area contributed by atoms with Gasteiger partial charge in [0.05, 0.1) is 12.5 Å². The summed E-state index contributed by atoms with van der Waals surface area (Å²) in [7, 11) is 1.61. The molecule has 2 N–H and O–H groups in total. The number of alkyl halides is 3. The summed E-state index contributed by atoms with van der Waals surface area (Å²) >= 11 is 0. The molecule has 2 rings (SSSR count). The standard InChI is InChI=1S/C14H16F3N5O/c1-9-3-5-10(6-4-9)11(7-14(15,16)17)19-13(23)20-12-18-8-22(2)21-12/h3-6,8,11H,7H2,1-2H3,(H2,19,20,21,23). The molecule has 0 aliphatic carbocycles. The maximum absolute atomic E-state index is 12.8. The predicted molar refractivity (Wildman–Crippen MR) is 77.7 cm³/mol. The number of rotatable bonds is 4. The highest BCUT2D eigenvalue weighted by atomic mass is 19.4. The maximum atomic E-state index is 12.8. The average molecular weight is 327 g/mol. The fourth-order valence-corrected chi connectivity index (χ4v) is 1.97. The molecular formula is C14H16F3N5O. The highest BCUT2D eigenvalue weighted by Gasteiger charge is 2.33. The summed E-state index contributed by atoms with van der Waals surface area (Å²) in [5.41, 5.74) is 1.29. The molecule has 0 radical (unpaired) electrons. The number of aromatic nitrogens is 3. The molecule has 0 spiro atoms. The summed E-state index contributed by atoms with van der Waals surface area (Å²) in [5, 5.41) is 8.44. The van der Waals surface area contributed by atoms with Crippen LogP contribution in [-0.4, -0.2) is 27.0 Å². The molecule has 1 aromatic carbocycles. The lowest BCUT2D eigenvalue weighted by Crippen LogP contribution is -2.35. The van der Waals surface area contributed by atoms with E-state index in [1.165, 1.54) is 11.0 Å². The molecule has 1 heterocycles. The first-order valence-corrected chi connectivity index (χ1v) is 6.79. The Kier molecular flexibility index (Phi) is 4.87. The molecule has 9 heteroatoms. The number of carbonyl (C=O) groups excluding carboxylic acids is 1. The van der Waals surface area contributed by atoms with Crippen molar-refractivity contribution in [2.75, 3.05) is 5.32 Å². The number of hydrogen-bond donors (Lipinski definition) is 2. The van der Waals surface area contributed by atoms with Crippen molar-refractivity contribution in [2.45, 2.75) is 25.6 Å². The first-order valence-electron chi connectivity index (χ1n) is 6.79. The minimum absolute atomic E-state index is 0.0136. The Morgan fingerprint density at radius 2 is 1.96 bits per heavy atom. The molecule has 0 saturated carbocycles. The normalized spacial score (nSPS) is 12.7. The van der Waals surface area contributed by atoms with Crippen molar-refractivity contribution in [1.29, 1.82) is 0 Å². The van der Waals surface area contributed by atoms with Crippen LogP contribution in [0.5, 0.6) is 0 Å². The maximum Gasteiger partial charge on any atom is 0.391 e. The fourth-order valence-electron chi connectivity index (χ4n) is 1.97. The number of carbonyl (C=O) groups is 1. The second-order valence-electron chi connectivity index (χ2n) is 5.12. The van der Waals surface area contributed by atoms with Gasteiger partial charge >= 0.3 is 12.2 Å². The molecule has 6 nitrogen and oxygen atoms in total. The molecule has 23 heavy (non-hydrogen) atoms. The van der Waals surface area contributed by atoms with Crippen molar-refractivity contribution in [3.05, 3.63) is 41.7 Å². The third kappa shape index (κ3) is 5.28. The van der Waals surface area contributed by atoms with E-state index in [2.05, 4.69) is 20.7 Å². The monoisotopic (exact) mass is 327 g/mol. The zero-order valence-corrected chi connectivity index (χ0v) is 12.6. The second kappa shape index (κ2) is 6.67. The van der Waals surface area contributed by atoms with Crippen LogP contribution in [0.25, 0.3) is 0 Å². The van der Waals surface area contributed by atoms with Gasteiger partial charge in [-0.1, -0.05) is 29.8 Å². The van der Waals surface area contributed by atoms with Crippen molar-refractivity contribution in [3.8, 4) is 0 Å². The van der Waals surface area contributed by atoms with Crippen LogP contribution < -0.4 is 10.6 Å². The van der Waals surface area contributed by atoms with Gasteiger partial charge in [0.2, 0.25) is 5.95 Å². The molecular weight excluding hydrogens is 311 g/mol. The number of benzene rings is 1. The average Bonchev–Trinajstić information content (AvgIpc) is 2.82. The van der Waals surface area contributed by atoms with Gasteiger partial charge in [-0.2, -0.15) is 13.2 Å². The van der Waals surface area contributed by atoms with Gasteiger partial charge in [-0.25, -0.2) is 9.78 Å². The van der Waals surface area contributed by atoms with Gasteiger partial charge in [-0.15, -0.1) is 5.10 Å². The molecule has 2 aromatic rings. The van der Waals surface area contributed by atoms with Crippen LogP contribution >= 0.6 is 0 Å². The number of halogens is 3. The SMILES string of the molecule is Cc1ccc(C(CC(F)(F)F)NC(=O)Nc2ncn(C)n2)cc1. The molecule has 1 aromatic heterocycles. The van der Waals surface area contributed by atoms with Crippen LogP contribution in [0.2, 0.25) is 0 Å². The van der Waals surface area contributed by atoms with E-state index >= 15 is 0 Å². The zero-order chi connectivity index (χ0) is 17.0. The summed E-state index contributed by atoms with van der Waals surface area (Å²) in [6.07, 6.45) is -4.21. The van der Waals surface area contributed by atoms with E-state index in [0.717, 1.165) is 5.56 Å².